The lowest BCUT2D eigenvalue weighted by atomic mass is 10.0. The number of benzene rings is 2. The van der Waals surface area contributed by atoms with Crippen LogP contribution in [0.3, 0.4) is 0 Å². The summed E-state index contributed by atoms with van der Waals surface area (Å²) in [6.07, 6.45) is 0. The van der Waals surface area contributed by atoms with Crippen LogP contribution in [0.25, 0.3) is 0 Å². The van der Waals surface area contributed by atoms with Crippen LogP contribution in [0.4, 0.5) is 10.5 Å². The molecule has 1 fully saturated rings. The Hall–Kier alpha value is -2.61. The predicted molar refractivity (Wildman–Crippen MR) is 123 cm³/mol. The molecule has 3 amide bonds. The average Bonchev–Trinajstić information content (AvgIpc) is 2.75. The standard InChI is InChI=1S/C23H29ClN4O3/c1-16(2)26-23(30)27-20-10-6-4-8-18(20)22(29)25-15-21(28-11-13-31-14-12-28)17-7-3-5-9-19(17)24/h3-10,16,21H,11-15H2,1-2H3,(H,25,29)(H2,26,27,30). The van der Waals surface area contributed by atoms with Gasteiger partial charge >= 0.3 is 6.03 Å². The fraction of sp³-hybridized carbons (Fsp3) is 0.391. The molecule has 0 spiro atoms. The molecule has 0 bridgehead atoms. The highest BCUT2D eigenvalue weighted by Gasteiger charge is 2.25. The lowest BCUT2D eigenvalue weighted by Gasteiger charge is -2.35. The minimum Gasteiger partial charge on any atom is -0.379 e. The van der Waals surface area contributed by atoms with E-state index in [9.17, 15) is 9.59 Å². The number of amides is 3. The Labute approximate surface area is 188 Å². The maximum atomic E-state index is 13.0. The van der Waals surface area contributed by atoms with Crippen LogP contribution in [0.5, 0.6) is 0 Å². The Morgan fingerprint density at radius 2 is 1.74 bits per heavy atom. The van der Waals surface area contributed by atoms with E-state index in [-0.39, 0.29) is 24.0 Å². The molecule has 0 radical (unpaired) electrons. The normalized spacial score (nSPS) is 15.4. The van der Waals surface area contributed by atoms with E-state index in [2.05, 4.69) is 20.9 Å². The van der Waals surface area contributed by atoms with Gasteiger partial charge in [-0.15, -0.1) is 0 Å². The van der Waals surface area contributed by atoms with Gasteiger partial charge in [-0.25, -0.2) is 4.79 Å². The molecule has 3 N–H and O–H groups in total. The fourth-order valence-corrected chi connectivity index (χ4v) is 3.83. The second kappa shape index (κ2) is 11.1. The Morgan fingerprint density at radius 1 is 1.06 bits per heavy atom. The van der Waals surface area contributed by atoms with Crippen LogP contribution >= 0.6 is 11.6 Å². The van der Waals surface area contributed by atoms with Crippen molar-refractivity contribution < 1.29 is 14.3 Å². The van der Waals surface area contributed by atoms with Gasteiger partial charge in [0.05, 0.1) is 30.5 Å². The van der Waals surface area contributed by atoms with Crippen LogP contribution in [-0.2, 0) is 4.74 Å². The van der Waals surface area contributed by atoms with Gasteiger partial charge in [0.25, 0.3) is 5.91 Å². The minimum absolute atomic E-state index is 0.00843. The molecule has 1 aliphatic rings. The largest absolute Gasteiger partial charge is 0.379 e. The van der Waals surface area contributed by atoms with Crippen LogP contribution in [0.1, 0.15) is 35.8 Å². The van der Waals surface area contributed by atoms with Crippen LogP contribution in [0.15, 0.2) is 48.5 Å². The van der Waals surface area contributed by atoms with Gasteiger partial charge in [-0.1, -0.05) is 41.9 Å². The summed E-state index contributed by atoms with van der Waals surface area (Å²) in [5, 5.41) is 9.21. The summed E-state index contributed by atoms with van der Waals surface area (Å²) in [4.78, 5) is 27.4. The molecule has 7 nitrogen and oxygen atoms in total. The van der Waals surface area contributed by atoms with Gasteiger partial charge in [0.1, 0.15) is 0 Å². The van der Waals surface area contributed by atoms with Gasteiger partial charge in [0.15, 0.2) is 0 Å². The van der Waals surface area contributed by atoms with Gasteiger partial charge in [-0.05, 0) is 37.6 Å². The van der Waals surface area contributed by atoms with Gasteiger partial charge in [0.2, 0.25) is 0 Å². The summed E-state index contributed by atoms with van der Waals surface area (Å²) >= 11 is 6.47. The first-order valence-electron chi connectivity index (χ1n) is 10.5. The van der Waals surface area contributed by atoms with E-state index < -0.39 is 0 Å². The number of carbonyl (C=O) groups is 2. The van der Waals surface area contributed by atoms with Gasteiger partial charge in [-0.3, -0.25) is 9.69 Å². The Bertz CT molecular complexity index is 900. The van der Waals surface area contributed by atoms with Gasteiger partial charge in [0, 0.05) is 30.7 Å². The van der Waals surface area contributed by atoms with Crippen LogP contribution < -0.4 is 16.0 Å². The van der Waals surface area contributed by atoms with Crippen LogP contribution in [0, 0.1) is 0 Å². The second-order valence-electron chi connectivity index (χ2n) is 7.69. The van der Waals surface area contributed by atoms with Crippen molar-refractivity contribution in [2.24, 2.45) is 0 Å². The van der Waals surface area contributed by atoms with Crippen molar-refractivity contribution in [3.8, 4) is 0 Å². The first-order valence-corrected chi connectivity index (χ1v) is 10.8. The summed E-state index contributed by atoms with van der Waals surface area (Å²) in [7, 11) is 0. The molecule has 1 heterocycles. The van der Waals surface area contributed by atoms with E-state index in [0.717, 1.165) is 18.7 Å². The Balaban J connectivity index is 1.74. The van der Waals surface area contributed by atoms with Crippen molar-refractivity contribution in [1.82, 2.24) is 15.5 Å². The van der Waals surface area contributed by atoms with E-state index >= 15 is 0 Å². The summed E-state index contributed by atoms with van der Waals surface area (Å²) < 4.78 is 5.48. The number of anilines is 1. The lowest BCUT2D eigenvalue weighted by molar-refractivity contribution is 0.0162. The highest BCUT2D eigenvalue weighted by atomic mass is 35.5. The first-order chi connectivity index (χ1) is 15.0. The molecule has 3 rings (SSSR count). The van der Waals surface area contributed by atoms with Crippen molar-refractivity contribution in [3.05, 3.63) is 64.7 Å². The summed E-state index contributed by atoms with van der Waals surface area (Å²) in [6.45, 7) is 6.95. The zero-order valence-electron chi connectivity index (χ0n) is 17.9. The van der Waals surface area contributed by atoms with E-state index in [1.54, 1.807) is 24.3 Å². The third kappa shape index (κ3) is 6.43. The molecule has 166 valence electrons. The number of carbonyl (C=O) groups excluding carboxylic acids is 2. The number of ether oxygens (including phenoxy) is 1. The van der Waals surface area contributed by atoms with Crippen LogP contribution in [0.2, 0.25) is 5.02 Å². The number of nitrogens with one attached hydrogen (secondary N) is 3. The number of halogens is 1. The molecule has 31 heavy (non-hydrogen) atoms. The van der Waals surface area contributed by atoms with E-state index in [1.165, 1.54) is 0 Å². The maximum absolute atomic E-state index is 13.0. The van der Waals surface area contributed by atoms with Gasteiger partial charge < -0.3 is 20.7 Å². The zero-order valence-corrected chi connectivity index (χ0v) is 18.6. The van der Waals surface area contributed by atoms with Gasteiger partial charge in [-0.2, -0.15) is 0 Å². The SMILES string of the molecule is CC(C)NC(=O)Nc1ccccc1C(=O)NCC(c1ccccc1Cl)N1CCOCC1. The number of para-hydroxylation sites is 1. The lowest BCUT2D eigenvalue weighted by Crippen LogP contribution is -2.44. The molecule has 0 aromatic heterocycles. The highest BCUT2D eigenvalue weighted by Crippen LogP contribution is 2.28. The number of hydrogen-bond acceptors (Lipinski definition) is 4. The zero-order chi connectivity index (χ0) is 22.2. The first kappa shape index (κ1) is 23.1. The maximum Gasteiger partial charge on any atom is 0.319 e. The molecule has 0 saturated carbocycles. The average molecular weight is 445 g/mol. The summed E-state index contributed by atoms with van der Waals surface area (Å²) in [5.41, 5.74) is 1.83. The fourth-order valence-electron chi connectivity index (χ4n) is 3.57. The second-order valence-corrected chi connectivity index (χ2v) is 8.10. The van der Waals surface area contributed by atoms with Crippen molar-refractivity contribution in [2.75, 3.05) is 38.2 Å². The quantitative estimate of drug-likeness (QED) is 0.608. The van der Waals surface area contributed by atoms with Crippen molar-refractivity contribution >= 4 is 29.2 Å². The molecular weight excluding hydrogens is 416 g/mol. The van der Waals surface area contributed by atoms with E-state index in [4.69, 9.17) is 16.3 Å². The summed E-state index contributed by atoms with van der Waals surface area (Å²) in [6, 6.07) is 14.2. The van der Waals surface area contributed by atoms with Crippen LogP contribution in [-0.4, -0.2) is 55.7 Å². The monoisotopic (exact) mass is 444 g/mol. The molecule has 2 aromatic rings. The highest BCUT2D eigenvalue weighted by molar-refractivity contribution is 6.31. The Morgan fingerprint density at radius 3 is 2.45 bits per heavy atom. The van der Waals surface area contributed by atoms with Crippen molar-refractivity contribution in [1.29, 1.82) is 0 Å². The van der Waals surface area contributed by atoms with Crippen molar-refractivity contribution in [2.45, 2.75) is 25.9 Å². The molecule has 1 atom stereocenters. The predicted octanol–water partition coefficient (Wildman–Crippen LogP) is 3.67. The third-order valence-electron chi connectivity index (χ3n) is 5.05. The smallest absolute Gasteiger partial charge is 0.319 e. The molecule has 0 aliphatic carbocycles. The number of nitrogens with zero attached hydrogens (tertiary/aromatic N) is 1. The third-order valence-corrected chi connectivity index (χ3v) is 5.39. The molecular formula is C23H29ClN4O3. The topological polar surface area (TPSA) is 82.7 Å². The number of urea groups is 1. The minimum atomic E-state index is -0.350. The molecule has 8 heteroatoms. The molecule has 1 aliphatic heterocycles. The Kier molecular flexibility index (Phi) is 8.28. The number of hydrogen-bond donors (Lipinski definition) is 3. The van der Waals surface area contributed by atoms with Crippen molar-refractivity contribution in [3.63, 3.8) is 0 Å². The summed E-state index contributed by atoms with van der Waals surface area (Å²) in [5.74, 6) is -0.259. The molecule has 1 saturated heterocycles. The molecule has 1 unspecified atom stereocenters. The number of rotatable bonds is 7. The van der Waals surface area contributed by atoms with E-state index in [1.807, 2.05) is 38.1 Å². The molecule has 2 aromatic carbocycles. The number of morpholine rings is 1. The van der Waals surface area contributed by atoms with E-state index in [0.29, 0.717) is 36.0 Å².